The quantitative estimate of drug-likeness (QED) is 0.813. The minimum atomic E-state index is -1.42. The number of rotatable bonds is 3. The van der Waals surface area contributed by atoms with Crippen molar-refractivity contribution in [1.82, 2.24) is 10.3 Å². The molecule has 7 nitrogen and oxygen atoms in total. The molecule has 2 aliphatic heterocycles. The fourth-order valence-corrected chi connectivity index (χ4v) is 3.64. The van der Waals surface area contributed by atoms with Gasteiger partial charge < -0.3 is 15.2 Å². The topological polar surface area (TPSA) is 101 Å². The van der Waals surface area contributed by atoms with E-state index in [1.54, 1.807) is 24.8 Å². The molecular weight excluding hydrogens is 330 g/mol. The zero-order chi connectivity index (χ0) is 17.5. The highest BCUT2D eigenvalue weighted by atomic mass is 32.2. The highest BCUT2D eigenvalue weighted by Gasteiger charge is 2.43. The van der Waals surface area contributed by atoms with E-state index in [0.717, 1.165) is 29.2 Å². The Morgan fingerprint density at radius 1 is 1.50 bits per heavy atom. The number of carbonyl (C=O) groups excluding carboxylic acids is 1. The second kappa shape index (κ2) is 6.08. The summed E-state index contributed by atoms with van der Waals surface area (Å²) >= 11 is 1.62. The Balaban J connectivity index is 2.09. The van der Waals surface area contributed by atoms with Crippen molar-refractivity contribution in [2.45, 2.75) is 44.0 Å². The lowest BCUT2D eigenvalue weighted by atomic mass is 9.89. The summed E-state index contributed by atoms with van der Waals surface area (Å²) in [5, 5.41) is 11.7. The van der Waals surface area contributed by atoms with E-state index >= 15 is 0 Å². The average Bonchev–Trinajstić information content (AvgIpc) is 2.83. The van der Waals surface area contributed by atoms with Crippen LogP contribution < -0.4 is 10.1 Å². The van der Waals surface area contributed by atoms with Crippen LogP contribution in [0.4, 0.5) is 4.79 Å². The van der Waals surface area contributed by atoms with Crippen molar-refractivity contribution in [3.05, 3.63) is 17.5 Å². The smallest absolute Gasteiger partial charge is 0.449 e. The number of hydrogen-bond donors (Lipinski definition) is 2. The van der Waals surface area contributed by atoms with Gasteiger partial charge in [-0.05, 0) is 37.5 Å². The van der Waals surface area contributed by atoms with Crippen molar-refractivity contribution in [2.75, 3.05) is 5.75 Å². The molecule has 1 atom stereocenters. The zero-order valence-electron chi connectivity index (χ0n) is 13.8. The third-order valence-corrected chi connectivity index (χ3v) is 5.58. The molecule has 1 amide bonds. The number of aryl methyl sites for hydroxylation is 1. The molecule has 1 unspecified atom stereocenters. The number of nitrogens with one attached hydrogen (secondary N) is 1. The van der Waals surface area contributed by atoms with E-state index in [2.05, 4.69) is 15.3 Å². The second-order valence-corrected chi connectivity index (χ2v) is 7.45. The number of pyridine rings is 1. The number of carbonyl (C=O) groups is 2. The minimum Gasteiger partial charge on any atom is -0.449 e. The maximum absolute atomic E-state index is 12.3. The molecule has 0 radical (unpaired) electrons. The van der Waals surface area contributed by atoms with Crippen molar-refractivity contribution >= 4 is 29.7 Å². The Morgan fingerprint density at radius 2 is 2.25 bits per heavy atom. The van der Waals surface area contributed by atoms with Crippen LogP contribution in [0.3, 0.4) is 0 Å². The molecule has 1 aromatic heterocycles. The van der Waals surface area contributed by atoms with Gasteiger partial charge in [0, 0.05) is 4.90 Å². The van der Waals surface area contributed by atoms with Crippen molar-refractivity contribution < 1.29 is 19.4 Å². The van der Waals surface area contributed by atoms with E-state index < -0.39 is 11.7 Å². The second-order valence-electron chi connectivity index (χ2n) is 6.32. The third kappa shape index (κ3) is 2.86. The van der Waals surface area contributed by atoms with E-state index in [-0.39, 0.29) is 29.1 Å². The van der Waals surface area contributed by atoms with Gasteiger partial charge in [-0.25, -0.2) is 14.8 Å². The number of aromatic nitrogens is 1. The summed E-state index contributed by atoms with van der Waals surface area (Å²) in [4.78, 5) is 33.3. The van der Waals surface area contributed by atoms with Crippen molar-refractivity contribution in [3.8, 4) is 5.75 Å². The van der Waals surface area contributed by atoms with Crippen LogP contribution in [0.15, 0.2) is 16.0 Å². The molecule has 3 rings (SSSR count). The number of amidine groups is 1. The molecule has 0 saturated carbocycles. The van der Waals surface area contributed by atoms with Crippen molar-refractivity contribution in [1.29, 1.82) is 0 Å². The van der Waals surface area contributed by atoms with Gasteiger partial charge in [0.1, 0.15) is 11.2 Å². The third-order valence-electron chi connectivity index (χ3n) is 4.42. The number of amides is 1. The van der Waals surface area contributed by atoms with Gasteiger partial charge in [-0.2, -0.15) is 0 Å². The predicted octanol–water partition coefficient (Wildman–Crippen LogP) is 2.47. The molecule has 24 heavy (non-hydrogen) atoms. The number of hydrogen-bond acceptors (Lipinski definition) is 6. The molecule has 0 aromatic carbocycles. The molecule has 3 heterocycles. The van der Waals surface area contributed by atoms with E-state index in [1.165, 1.54) is 0 Å². The monoisotopic (exact) mass is 349 g/mol. The normalized spacial score (nSPS) is 22.8. The standard InChI is InChI=1S/C16H19N3O4S/c1-8(2)16(3)14(20)18-13(19-16)12-10(23-15(21)22)7-11-9(17-12)5-4-6-24-11/h7-8H,4-6H2,1-3H3,(H,21,22)(H,18,19,20). The van der Waals surface area contributed by atoms with Crippen LogP contribution in [0.2, 0.25) is 0 Å². The van der Waals surface area contributed by atoms with Gasteiger partial charge >= 0.3 is 6.16 Å². The van der Waals surface area contributed by atoms with Crippen LogP contribution in [0.5, 0.6) is 5.75 Å². The number of aliphatic imine (C=N–C) groups is 1. The van der Waals surface area contributed by atoms with Gasteiger partial charge in [-0.15, -0.1) is 11.8 Å². The summed E-state index contributed by atoms with van der Waals surface area (Å²) in [6.07, 6.45) is 0.396. The van der Waals surface area contributed by atoms with Crippen LogP contribution in [0.1, 0.15) is 38.6 Å². The fourth-order valence-electron chi connectivity index (χ4n) is 2.63. The Hall–Kier alpha value is -2.09. The molecule has 2 N–H and O–H groups in total. The largest absolute Gasteiger partial charge is 0.511 e. The summed E-state index contributed by atoms with van der Waals surface area (Å²) in [7, 11) is 0. The molecule has 0 spiro atoms. The molecule has 0 aliphatic carbocycles. The van der Waals surface area contributed by atoms with Crippen LogP contribution in [0, 0.1) is 5.92 Å². The van der Waals surface area contributed by atoms with Crippen LogP contribution in [-0.4, -0.2) is 39.3 Å². The summed E-state index contributed by atoms with van der Waals surface area (Å²) < 4.78 is 4.90. The first-order valence-electron chi connectivity index (χ1n) is 7.80. The van der Waals surface area contributed by atoms with Crippen molar-refractivity contribution in [2.24, 2.45) is 10.9 Å². The minimum absolute atomic E-state index is 0.00738. The highest BCUT2D eigenvalue weighted by molar-refractivity contribution is 7.99. The van der Waals surface area contributed by atoms with Crippen LogP contribution in [0.25, 0.3) is 0 Å². The number of thioether (sulfide) groups is 1. The SMILES string of the molecule is CC(C)C1(C)N=C(c2nc3c(cc2OC(=O)O)SCCC3)NC1=O. The number of nitrogens with zero attached hydrogens (tertiary/aromatic N) is 2. The van der Waals surface area contributed by atoms with E-state index in [4.69, 9.17) is 9.84 Å². The van der Waals surface area contributed by atoms with E-state index in [9.17, 15) is 9.59 Å². The summed E-state index contributed by atoms with van der Waals surface area (Å²) in [5.41, 5.74) is 0.257. The summed E-state index contributed by atoms with van der Waals surface area (Å²) in [6.45, 7) is 5.58. The molecule has 0 bridgehead atoms. The van der Waals surface area contributed by atoms with Gasteiger partial charge in [-0.3, -0.25) is 4.79 Å². The Morgan fingerprint density at radius 3 is 2.88 bits per heavy atom. The molecule has 0 fully saturated rings. The first-order chi connectivity index (χ1) is 11.3. The Kier molecular flexibility index (Phi) is 4.25. The van der Waals surface area contributed by atoms with Gasteiger partial charge in [-0.1, -0.05) is 13.8 Å². The first-order valence-corrected chi connectivity index (χ1v) is 8.79. The van der Waals surface area contributed by atoms with Crippen LogP contribution >= 0.6 is 11.8 Å². The summed E-state index contributed by atoms with van der Waals surface area (Å²) in [6, 6.07) is 1.68. The van der Waals surface area contributed by atoms with Gasteiger partial charge in [0.05, 0.1) is 5.69 Å². The number of carboxylic acid groups (broad SMARTS) is 1. The molecule has 2 aliphatic rings. The number of ether oxygens (including phenoxy) is 1. The van der Waals surface area contributed by atoms with Gasteiger partial charge in [0.2, 0.25) is 0 Å². The highest BCUT2D eigenvalue weighted by Crippen LogP contribution is 2.35. The molecule has 0 saturated heterocycles. The lowest BCUT2D eigenvalue weighted by Crippen LogP contribution is -2.41. The van der Waals surface area contributed by atoms with Crippen molar-refractivity contribution in [3.63, 3.8) is 0 Å². The zero-order valence-corrected chi connectivity index (χ0v) is 14.6. The molecule has 128 valence electrons. The maximum atomic E-state index is 12.3. The average molecular weight is 349 g/mol. The molecule has 1 aromatic rings. The predicted molar refractivity (Wildman–Crippen MR) is 89.9 cm³/mol. The fraction of sp³-hybridized carbons (Fsp3) is 0.500. The molecular formula is C16H19N3O4S. The first kappa shape index (κ1) is 16.8. The summed E-state index contributed by atoms with van der Waals surface area (Å²) in [5.74, 6) is 1.10. The Labute approximate surface area is 143 Å². The maximum Gasteiger partial charge on any atom is 0.511 e. The lowest BCUT2D eigenvalue weighted by molar-refractivity contribution is -0.124. The van der Waals surface area contributed by atoms with Gasteiger partial charge in [0.25, 0.3) is 5.91 Å². The Bertz CT molecular complexity index is 747. The van der Waals surface area contributed by atoms with Crippen LogP contribution in [-0.2, 0) is 11.2 Å². The number of fused-ring (bicyclic) bond motifs is 1. The lowest BCUT2D eigenvalue weighted by Gasteiger charge is -2.21. The van der Waals surface area contributed by atoms with E-state index in [0.29, 0.717) is 0 Å². The molecule has 8 heteroatoms. The van der Waals surface area contributed by atoms with E-state index in [1.807, 2.05) is 13.8 Å². The van der Waals surface area contributed by atoms with Gasteiger partial charge in [0.15, 0.2) is 11.6 Å².